The Morgan fingerprint density at radius 3 is 2.65 bits per heavy atom. The fourth-order valence-electron chi connectivity index (χ4n) is 2.40. The summed E-state index contributed by atoms with van der Waals surface area (Å²) >= 11 is 0. The second-order valence-electron chi connectivity index (χ2n) is 5.13. The highest BCUT2D eigenvalue weighted by Crippen LogP contribution is 2.20. The second-order valence-corrected chi connectivity index (χ2v) is 5.13. The van der Waals surface area contributed by atoms with Gasteiger partial charge in [-0.05, 0) is 50.1 Å². The van der Waals surface area contributed by atoms with Crippen molar-refractivity contribution in [2.45, 2.75) is 19.3 Å². The van der Waals surface area contributed by atoms with Gasteiger partial charge in [-0.25, -0.2) is 0 Å². The van der Waals surface area contributed by atoms with Crippen LogP contribution in [0.5, 0.6) is 5.75 Å². The number of benzene rings is 1. The maximum absolute atomic E-state index is 5.73. The van der Waals surface area contributed by atoms with Gasteiger partial charge in [0.15, 0.2) is 0 Å². The van der Waals surface area contributed by atoms with Crippen LogP contribution in [-0.4, -0.2) is 46.5 Å². The van der Waals surface area contributed by atoms with Gasteiger partial charge in [-0.15, -0.1) is 0 Å². The Hall–Kier alpha value is -1.26. The summed E-state index contributed by atoms with van der Waals surface area (Å²) in [4.78, 5) is 2.43. The Balaban J connectivity index is 1.77. The second kappa shape index (κ2) is 8.82. The molecule has 1 aromatic carbocycles. The molecule has 0 atom stereocenters. The summed E-state index contributed by atoms with van der Waals surface area (Å²) in [5.74, 6) is 0.958. The summed E-state index contributed by atoms with van der Waals surface area (Å²) in [5.41, 5.74) is 1.29. The van der Waals surface area contributed by atoms with Gasteiger partial charge in [0.2, 0.25) is 0 Å². The van der Waals surface area contributed by atoms with E-state index < -0.39 is 0 Å². The molecule has 1 aromatic rings. The third-order valence-electron chi connectivity index (χ3n) is 3.55. The summed E-state index contributed by atoms with van der Waals surface area (Å²) in [5, 5.41) is 3.43. The van der Waals surface area contributed by atoms with Gasteiger partial charge < -0.3 is 19.7 Å². The number of anilines is 1. The third kappa shape index (κ3) is 5.02. The maximum Gasteiger partial charge on any atom is 0.119 e. The van der Waals surface area contributed by atoms with Gasteiger partial charge in [0, 0.05) is 39.0 Å². The Bertz CT molecular complexity index is 359. The van der Waals surface area contributed by atoms with E-state index in [1.54, 1.807) is 7.11 Å². The van der Waals surface area contributed by atoms with Gasteiger partial charge in [0.25, 0.3) is 0 Å². The molecule has 2 rings (SSSR count). The molecule has 0 unspecified atom stereocenters. The first kappa shape index (κ1) is 15.1. The molecule has 0 amide bonds. The Morgan fingerprint density at radius 2 is 1.85 bits per heavy atom. The zero-order valence-corrected chi connectivity index (χ0v) is 12.4. The van der Waals surface area contributed by atoms with Gasteiger partial charge in [0.1, 0.15) is 5.75 Å². The van der Waals surface area contributed by atoms with Crippen molar-refractivity contribution in [3.05, 3.63) is 24.3 Å². The first-order chi connectivity index (χ1) is 9.90. The molecule has 1 fully saturated rings. The number of ether oxygens (including phenoxy) is 2. The highest BCUT2D eigenvalue weighted by Gasteiger charge is 2.09. The zero-order valence-electron chi connectivity index (χ0n) is 12.4. The predicted molar refractivity (Wildman–Crippen MR) is 82.7 cm³/mol. The molecule has 4 nitrogen and oxygen atoms in total. The average Bonchev–Trinajstić information content (AvgIpc) is 2.77. The van der Waals surface area contributed by atoms with E-state index in [-0.39, 0.29) is 0 Å². The SMILES string of the molecule is COCCCCOc1ccc(N2CCCNCC2)cc1. The summed E-state index contributed by atoms with van der Waals surface area (Å²) in [6.45, 7) is 5.97. The molecular weight excluding hydrogens is 252 g/mol. The predicted octanol–water partition coefficient (Wildman–Crippen LogP) is 2.29. The molecule has 0 aromatic heterocycles. The lowest BCUT2D eigenvalue weighted by Crippen LogP contribution is -2.27. The van der Waals surface area contributed by atoms with E-state index >= 15 is 0 Å². The molecule has 1 aliphatic rings. The van der Waals surface area contributed by atoms with Crippen molar-refractivity contribution in [1.29, 1.82) is 0 Å². The van der Waals surface area contributed by atoms with E-state index in [2.05, 4.69) is 34.5 Å². The van der Waals surface area contributed by atoms with Gasteiger partial charge in [-0.1, -0.05) is 0 Å². The molecule has 0 saturated carbocycles. The summed E-state index contributed by atoms with van der Waals surface area (Å²) in [7, 11) is 1.73. The molecule has 0 radical (unpaired) electrons. The van der Waals surface area contributed by atoms with Crippen LogP contribution < -0.4 is 15.0 Å². The lowest BCUT2D eigenvalue weighted by atomic mass is 10.2. The molecule has 112 valence electrons. The molecule has 0 bridgehead atoms. The standard InChI is InChI=1S/C16H26N2O2/c1-19-13-2-3-14-20-16-7-5-15(6-8-16)18-11-4-9-17-10-12-18/h5-8,17H,2-4,9-14H2,1H3. The van der Waals surface area contributed by atoms with Crippen LogP contribution in [0.25, 0.3) is 0 Å². The number of hydrogen-bond donors (Lipinski definition) is 1. The van der Waals surface area contributed by atoms with Gasteiger partial charge in [-0.3, -0.25) is 0 Å². The minimum Gasteiger partial charge on any atom is -0.494 e. The van der Waals surface area contributed by atoms with E-state index in [0.29, 0.717) is 0 Å². The highest BCUT2D eigenvalue weighted by atomic mass is 16.5. The summed E-state index contributed by atoms with van der Waals surface area (Å²) in [6.07, 6.45) is 3.29. The van der Waals surface area contributed by atoms with Crippen LogP contribution in [0.2, 0.25) is 0 Å². The Labute approximate surface area is 122 Å². The molecule has 20 heavy (non-hydrogen) atoms. The molecule has 0 aliphatic carbocycles. The Kier molecular flexibility index (Phi) is 6.68. The molecular formula is C16H26N2O2. The summed E-state index contributed by atoms with van der Waals surface area (Å²) < 4.78 is 10.8. The van der Waals surface area contributed by atoms with Crippen molar-refractivity contribution in [3.63, 3.8) is 0 Å². The zero-order chi connectivity index (χ0) is 14.0. The lowest BCUT2D eigenvalue weighted by Gasteiger charge is -2.22. The van der Waals surface area contributed by atoms with Crippen molar-refractivity contribution in [3.8, 4) is 5.75 Å². The van der Waals surface area contributed by atoms with E-state index in [0.717, 1.165) is 58.0 Å². The average molecular weight is 278 g/mol. The van der Waals surface area contributed by atoms with Gasteiger partial charge in [-0.2, -0.15) is 0 Å². The lowest BCUT2D eigenvalue weighted by molar-refractivity contribution is 0.184. The number of hydrogen-bond acceptors (Lipinski definition) is 4. The van der Waals surface area contributed by atoms with Crippen molar-refractivity contribution in [2.24, 2.45) is 0 Å². The largest absolute Gasteiger partial charge is 0.494 e. The minimum atomic E-state index is 0.760. The monoisotopic (exact) mass is 278 g/mol. The van der Waals surface area contributed by atoms with Crippen LogP contribution in [0.15, 0.2) is 24.3 Å². The third-order valence-corrected chi connectivity index (χ3v) is 3.55. The van der Waals surface area contributed by atoms with Crippen LogP contribution in [0.4, 0.5) is 5.69 Å². The van der Waals surface area contributed by atoms with Crippen molar-refractivity contribution in [1.82, 2.24) is 5.32 Å². The van der Waals surface area contributed by atoms with Crippen LogP contribution in [0, 0.1) is 0 Å². The van der Waals surface area contributed by atoms with E-state index in [4.69, 9.17) is 9.47 Å². The molecule has 0 spiro atoms. The topological polar surface area (TPSA) is 33.7 Å². The quantitative estimate of drug-likeness (QED) is 0.776. The van der Waals surface area contributed by atoms with Gasteiger partial charge in [0.05, 0.1) is 6.61 Å². The normalized spacial score (nSPS) is 15.9. The van der Waals surface area contributed by atoms with Crippen LogP contribution in [0.1, 0.15) is 19.3 Å². The number of unbranched alkanes of at least 4 members (excludes halogenated alkanes) is 1. The minimum absolute atomic E-state index is 0.760. The van der Waals surface area contributed by atoms with E-state index in [9.17, 15) is 0 Å². The Morgan fingerprint density at radius 1 is 1.05 bits per heavy atom. The number of methoxy groups -OCH3 is 1. The number of nitrogens with zero attached hydrogens (tertiary/aromatic N) is 1. The van der Waals surface area contributed by atoms with E-state index in [1.807, 2.05) is 0 Å². The molecule has 4 heteroatoms. The molecule has 1 heterocycles. The fraction of sp³-hybridized carbons (Fsp3) is 0.625. The van der Waals surface area contributed by atoms with Crippen molar-refractivity contribution < 1.29 is 9.47 Å². The molecule has 1 N–H and O–H groups in total. The van der Waals surface area contributed by atoms with Crippen LogP contribution in [0.3, 0.4) is 0 Å². The van der Waals surface area contributed by atoms with Crippen molar-refractivity contribution in [2.75, 3.05) is 51.4 Å². The first-order valence-electron chi connectivity index (χ1n) is 7.57. The smallest absolute Gasteiger partial charge is 0.119 e. The summed E-state index contributed by atoms with van der Waals surface area (Å²) in [6, 6.07) is 8.47. The van der Waals surface area contributed by atoms with Crippen LogP contribution >= 0.6 is 0 Å². The van der Waals surface area contributed by atoms with Gasteiger partial charge >= 0.3 is 0 Å². The molecule has 1 aliphatic heterocycles. The highest BCUT2D eigenvalue weighted by molar-refractivity contribution is 5.49. The van der Waals surface area contributed by atoms with Crippen LogP contribution in [-0.2, 0) is 4.74 Å². The number of nitrogens with one attached hydrogen (secondary N) is 1. The van der Waals surface area contributed by atoms with Crippen molar-refractivity contribution >= 4 is 5.69 Å². The fourth-order valence-corrected chi connectivity index (χ4v) is 2.40. The van der Waals surface area contributed by atoms with E-state index in [1.165, 1.54) is 12.1 Å². The number of rotatable bonds is 7. The first-order valence-corrected chi connectivity index (χ1v) is 7.57. The molecule has 1 saturated heterocycles. The maximum atomic E-state index is 5.73.